The third-order valence-corrected chi connectivity index (χ3v) is 8.61. The number of sulfonamides is 1. The molecule has 0 aliphatic heterocycles. The van der Waals surface area contributed by atoms with Gasteiger partial charge in [0, 0.05) is 34.6 Å². The van der Waals surface area contributed by atoms with E-state index in [9.17, 15) is 8.42 Å². The lowest BCUT2D eigenvalue weighted by atomic mass is 9.69. The van der Waals surface area contributed by atoms with Crippen LogP contribution in [0.25, 0.3) is 21.9 Å². The average molecular weight is 449 g/mol. The minimum absolute atomic E-state index is 0.176. The van der Waals surface area contributed by atoms with E-state index >= 15 is 0 Å². The van der Waals surface area contributed by atoms with Crippen LogP contribution in [0.15, 0.2) is 64.0 Å². The predicted molar refractivity (Wildman–Crippen MR) is 128 cm³/mol. The highest BCUT2D eigenvalue weighted by molar-refractivity contribution is 7.93. The molecule has 6 heteroatoms. The van der Waals surface area contributed by atoms with Crippen molar-refractivity contribution >= 4 is 37.6 Å². The predicted octanol–water partition coefficient (Wildman–Crippen LogP) is 6.32. The fourth-order valence-corrected chi connectivity index (χ4v) is 6.03. The molecule has 0 radical (unpaired) electrons. The van der Waals surface area contributed by atoms with Crippen molar-refractivity contribution in [1.82, 2.24) is 4.98 Å². The minimum Gasteiger partial charge on any atom is -0.461 e. The summed E-state index contributed by atoms with van der Waals surface area (Å²) < 4.78 is 35.3. The van der Waals surface area contributed by atoms with Crippen molar-refractivity contribution in [3.05, 3.63) is 66.1 Å². The summed E-state index contributed by atoms with van der Waals surface area (Å²) in [6.45, 7) is 6.92. The Kier molecular flexibility index (Phi) is 5.01. The number of para-hydroxylation sites is 1. The van der Waals surface area contributed by atoms with Gasteiger partial charge in [-0.15, -0.1) is 0 Å². The van der Waals surface area contributed by atoms with E-state index in [1.165, 1.54) is 5.56 Å². The van der Waals surface area contributed by atoms with Crippen LogP contribution < -0.4 is 4.72 Å². The van der Waals surface area contributed by atoms with Crippen LogP contribution in [-0.2, 0) is 22.9 Å². The van der Waals surface area contributed by atoms with Crippen LogP contribution >= 0.6 is 0 Å². The molecule has 1 aliphatic carbocycles. The van der Waals surface area contributed by atoms with Crippen LogP contribution in [0.4, 0.5) is 5.69 Å². The molecular weight excluding hydrogens is 420 g/mol. The number of fused-ring (bicyclic) bond motifs is 4. The number of hydrogen-bond acceptors (Lipinski definition) is 4. The van der Waals surface area contributed by atoms with E-state index < -0.39 is 10.0 Å². The lowest BCUT2D eigenvalue weighted by Gasteiger charge is -2.36. The van der Waals surface area contributed by atoms with Crippen LogP contribution in [0.2, 0.25) is 0 Å². The molecule has 0 unspecified atom stereocenters. The second kappa shape index (κ2) is 7.62. The van der Waals surface area contributed by atoms with Crippen molar-refractivity contribution in [2.24, 2.45) is 11.3 Å². The fraction of sp³-hybridized carbons (Fsp3) is 0.346. The largest absolute Gasteiger partial charge is 0.461 e. The second-order valence-electron chi connectivity index (χ2n) is 9.43. The molecule has 1 atom stereocenters. The Morgan fingerprint density at radius 2 is 1.97 bits per heavy atom. The smallest absolute Gasteiger partial charge is 0.264 e. The van der Waals surface area contributed by atoms with Crippen LogP contribution in [-0.4, -0.2) is 13.4 Å². The van der Waals surface area contributed by atoms with Gasteiger partial charge in [0.05, 0.1) is 5.52 Å². The Balaban J connectivity index is 1.51. The summed E-state index contributed by atoms with van der Waals surface area (Å²) in [5.41, 5.74) is 3.31. The maximum Gasteiger partial charge on any atom is 0.264 e. The first-order valence-corrected chi connectivity index (χ1v) is 12.7. The molecule has 166 valence electrons. The highest BCUT2D eigenvalue weighted by atomic mass is 32.2. The van der Waals surface area contributed by atoms with Crippen molar-refractivity contribution in [1.29, 1.82) is 0 Å². The molecule has 4 aromatic rings. The topological polar surface area (TPSA) is 72.2 Å². The molecule has 0 saturated carbocycles. The lowest BCUT2D eigenvalue weighted by Crippen LogP contribution is -2.28. The van der Waals surface area contributed by atoms with Gasteiger partial charge in [-0.05, 0) is 54.5 Å². The van der Waals surface area contributed by atoms with Gasteiger partial charge in [0.2, 0.25) is 0 Å². The number of benzene rings is 2. The van der Waals surface area contributed by atoms with E-state index in [1.807, 2.05) is 24.3 Å². The number of anilines is 1. The summed E-state index contributed by atoms with van der Waals surface area (Å²) in [4.78, 5) is 4.47. The van der Waals surface area contributed by atoms with Crippen molar-refractivity contribution in [2.45, 2.75) is 51.3 Å². The average Bonchev–Trinajstić information content (AvgIpc) is 3.15. The summed E-state index contributed by atoms with van der Waals surface area (Å²) in [6, 6.07) is 14.4. The Hall–Kier alpha value is -2.86. The normalized spacial score (nSPS) is 16.9. The Labute approximate surface area is 188 Å². The fourth-order valence-electron chi connectivity index (χ4n) is 4.80. The summed E-state index contributed by atoms with van der Waals surface area (Å²) in [7, 11) is -3.79. The van der Waals surface area contributed by atoms with Gasteiger partial charge in [0.25, 0.3) is 10.0 Å². The molecule has 0 spiro atoms. The quantitative estimate of drug-likeness (QED) is 0.388. The van der Waals surface area contributed by atoms with Gasteiger partial charge in [0.1, 0.15) is 16.2 Å². The summed E-state index contributed by atoms with van der Waals surface area (Å²) in [5.74, 6) is 1.63. The summed E-state index contributed by atoms with van der Waals surface area (Å²) in [5, 5.41) is 1.80. The molecular formula is C26H28N2O3S. The van der Waals surface area contributed by atoms with E-state index in [-0.39, 0.29) is 10.3 Å². The number of hydrogen-bond donors (Lipinski definition) is 1. The van der Waals surface area contributed by atoms with Gasteiger partial charge in [-0.3, -0.25) is 9.71 Å². The monoisotopic (exact) mass is 448 g/mol. The number of aryl methyl sites for hydroxylation is 1. The van der Waals surface area contributed by atoms with E-state index in [2.05, 4.69) is 30.5 Å². The van der Waals surface area contributed by atoms with E-state index in [0.717, 1.165) is 47.8 Å². The number of furan rings is 1. The number of nitrogens with zero attached hydrogens (tertiary/aromatic N) is 1. The first kappa shape index (κ1) is 21.0. The molecule has 5 rings (SSSR count). The van der Waals surface area contributed by atoms with E-state index in [0.29, 0.717) is 17.1 Å². The first-order valence-electron chi connectivity index (χ1n) is 11.2. The number of rotatable bonds is 5. The molecule has 2 heterocycles. The van der Waals surface area contributed by atoms with Gasteiger partial charge in [-0.1, -0.05) is 45.4 Å². The summed E-state index contributed by atoms with van der Waals surface area (Å²) in [6.07, 6.45) is 5.76. The van der Waals surface area contributed by atoms with E-state index in [4.69, 9.17) is 4.42 Å². The van der Waals surface area contributed by atoms with Crippen molar-refractivity contribution in [3.8, 4) is 0 Å². The molecule has 0 saturated heterocycles. The third kappa shape index (κ3) is 3.56. The lowest BCUT2D eigenvalue weighted by molar-refractivity contribution is 0.179. The Morgan fingerprint density at radius 1 is 1.16 bits per heavy atom. The Bertz CT molecular complexity index is 1410. The van der Waals surface area contributed by atoms with Crippen LogP contribution in [0.5, 0.6) is 0 Å². The van der Waals surface area contributed by atoms with Gasteiger partial charge in [-0.25, -0.2) is 8.42 Å². The highest BCUT2D eigenvalue weighted by Gasteiger charge is 2.33. The standard InChI is InChI=1S/C26H28N2O3S/c1-4-26(2,3)18-10-12-22-20(15-18)21-16-19(11-13-23(21)31-22)28-32(29,30)24-9-5-7-17-8-6-14-27-25(17)24/h5-9,11,13-14,16,18,28H,4,10,12,15H2,1-3H3/t18-/m1/s1. The molecule has 32 heavy (non-hydrogen) atoms. The zero-order valence-electron chi connectivity index (χ0n) is 18.7. The molecule has 0 amide bonds. The zero-order valence-corrected chi connectivity index (χ0v) is 19.5. The van der Waals surface area contributed by atoms with Gasteiger partial charge in [0.15, 0.2) is 0 Å². The van der Waals surface area contributed by atoms with Crippen molar-refractivity contribution < 1.29 is 12.8 Å². The highest BCUT2D eigenvalue weighted by Crippen LogP contribution is 2.43. The molecule has 2 aromatic heterocycles. The third-order valence-electron chi connectivity index (χ3n) is 7.20. The van der Waals surface area contributed by atoms with Gasteiger partial charge >= 0.3 is 0 Å². The maximum atomic E-state index is 13.2. The molecule has 5 nitrogen and oxygen atoms in total. The zero-order chi connectivity index (χ0) is 22.5. The number of aromatic nitrogens is 1. The van der Waals surface area contributed by atoms with Crippen molar-refractivity contribution in [2.75, 3.05) is 4.72 Å². The molecule has 1 N–H and O–H groups in total. The SMILES string of the molecule is CCC(C)(C)[C@@H]1CCc2oc3ccc(NS(=O)(=O)c4cccc5cccnc45)cc3c2C1. The van der Waals surface area contributed by atoms with Gasteiger partial charge < -0.3 is 4.42 Å². The molecule has 2 aromatic carbocycles. The van der Waals surface area contributed by atoms with E-state index in [1.54, 1.807) is 30.5 Å². The molecule has 1 aliphatic rings. The van der Waals surface area contributed by atoms with Gasteiger partial charge in [-0.2, -0.15) is 0 Å². The second-order valence-corrected chi connectivity index (χ2v) is 11.1. The molecule has 0 fully saturated rings. The number of pyridine rings is 1. The Morgan fingerprint density at radius 3 is 2.78 bits per heavy atom. The number of nitrogens with one attached hydrogen (secondary N) is 1. The first-order chi connectivity index (χ1) is 15.3. The maximum absolute atomic E-state index is 13.2. The minimum atomic E-state index is -3.79. The van der Waals surface area contributed by atoms with Crippen molar-refractivity contribution in [3.63, 3.8) is 0 Å². The van der Waals surface area contributed by atoms with Crippen LogP contribution in [0.1, 0.15) is 44.9 Å². The van der Waals surface area contributed by atoms with Crippen LogP contribution in [0, 0.1) is 11.3 Å². The van der Waals surface area contributed by atoms with Crippen LogP contribution in [0.3, 0.4) is 0 Å². The summed E-state index contributed by atoms with van der Waals surface area (Å²) >= 11 is 0. The molecule has 0 bridgehead atoms.